The number of anilines is 1. The van der Waals surface area contributed by atoms with Gasteiger partial charge in [0.15, 0.2) is 6.19 Å². The summed E-state index contributed by atoms with van der Waals surface area (Å²) < 4.78 is 0.964. The van der Waals surface area contributed by atoms with E-state index in [4.69, 9.17) is 0 Å². The third kappa shape index (κ3) is 6.58. The van der Waals surface area contributed by atoms with E-state index in [0.29, 0.717) is 19.6 Å². The molecule has 0 aliphatic carbocycles. The van der Waals surface area contributed by atoms with Crippen molar-refractivity contribution in [1.29, 1.82) is 10.5 Å². The number of hydrogen-bond donors (Lipinski definition) is 2. The zero-order chi connectivity index (χ0) is 23.5. The molecule has 0 aromatic heterocycles. The lowest BCUT2D eigenvalue weighted by molar-refractivity contribution is 0.304. The number of nitrogens with one attached hydrogen (secondary N) is 2. The third-order valence-corrected chi connectivity index (χ3v) is 5.74. The molecule has 0 unspecified atom stereocenters. The zero-order valence-electron chi connectivity index (χ0n) is 18.3. The monoisotopic (exact) mass is 504 g/mol. The Bertz CT molecular complexity index is 1100. The number of nitriles is 2. The Morgan fingerprint density at radius 1 is 1.24 bits per heavy atom. The summed E-state index contributed by atoms with van der Waals surface area (Å²) in [6.45, 7) is 1.85. The summed E-state index contributed by atoms with van der Waals surface area (Å²) in [6.07, 6.45) is 10.0. The molecule has 1 aliphatic heterocycles. The van der Waals surface area contributed by atoms with Crippen LogP contribution in [0.4, 0.5) is 5.69 Å². The van der Waals surface area contributed by atoms with Crippen LogP contribution in [-0.4, -0.2) is 43.4 Å². The van der Waals surface area contributed by atoms with E-state index in [1.165, 1.54) is 5.56 Å². The van der Waals surface area contributed by atoms with Crippen molar-refractivity contribution in [2.45, 2.75) is 19.0 Å². The molecule has 1 aliphatic rings. The first-order valence-corrected chi connectivity index (χ1v) is 11.2. The van der Waals surface area contributed by atoms with Crippen LogP contribution in [0.5, 0.6) is 0 Å². The molecule has 1 heterocycles. The Morgan fingerprint density at radius 3 is 2.79 bits per heavy atom. The molecular weight excluding hydrogens is 480 g/mol. The van der Waals surface area contributed by atoms with Crippen molar-refractivity contribution in [2.24, 2.45) is 9.98 Å². The average Bonchev–Trinajstić information content (AvgIpc) is 2.96. The standard InChI is InChI=1S/C24H25BrN8/c1-28-18-29-10-5-11-32-15-22(12-19-6-3-2-4-7-19)33(24(30-16-26)31-17-27)14-20-13-21(25)8-9-23(20)32/h2-10,13,18,22H,11-12,14-15H2,1H3,(H,28,29)(H,30,31)/b10-5+/t22-/m1/s1. The molecule has 3 rings (SSSR count). The fourth-order valence-electron chi connectivity index (χ4n) is 3.86. The summed E-state index contributed by atoms with van der Waals surface area (Å²) in [5.41, 5.74) is 3.34. The fourth-order valence-corrected chi connectivity index (χ4v) is 4.27. The van der Waals surface area contributed by atoms with Gasteiger partial charge in [-0.15, -0.1) is 4.99 Å². The lowest BCUT2D eigenvalue weighted by atomic mass is 10.0. The van der Waals surface area contributed by atoms with Crippen LogP contribution >= 0.6 is 15.9 Å². The smallest absolute Gasteiger partial charge is 0.223 e. The second-order valence-corrected chi connectivity index (χ2v) is 8.29. The summed E-state index contributed by atoms with van der Waals surface area (Å²) >= 11 is 3.58. The Hall–Kier alpha value is -3.82. The first-order valence-electron chi connectivity index (χ1n) is 10.4. The summed E-state index contributed by atoms with van der Waals surface area (Å²) in [5, 5.41) is 24.2. The van der Waals surface area contributed by atoms with Crippen LogP contribution in [0.25, 0.3) is 0 Å². The number of aliphatic imine (C=N–C) groups is 2. The highest BCUT2D eigenvalue weighted by molar-refractivity contribution is 9.10. The van der Waals surface area contributed by atoms with Gasteiger partial charge in [-0.1, -0.05) is 46.3 Å². The van der Waals surface area contributed by atoms with Crippen molar-refractivity contribution < 1.29 is 0 Å². The molecule has 2 N–H and O–H groups in total. The van der Waals surface area contributed by atoms with Crippen molar-refractivity contribution in [3.8, 4) is 12.4 Å². The van der Waals surface area contributed by atoms with Crippen molar-refractivity contribution in [1.82, 2.24) is 15.5 Å². The number of nitrogens with zero attached hydrogens (tertiary/aromatic N) is 6. The van der Waals surface area contributed by atoms with Gasteiger partial charge >= 0.3 is 0 Å². The van der Waals surface area contributed by atoms with Crippen LogP contribution in [-0.2, 0) is 13.0 Å². The molecule has 0 radical (unpaired) electrons. The van der Waals surface area contributed by atoms with Crippen LogP contribution in [0.15, 0.2) is 75.3 Å². The fraction of sp³-hybridized carbons (Fsp3) is 0.250. The van der Waals surface area contributed by atoms with E-state index >= 15 is 0 Å². The Balaban J connectivity index is 2.01. The maximum Gasteiger partial charge on any atom is 0.223 e. The minimum absolute atomic E-state index is 0.0370. The van der Waals surface area contributed by atoms with Crippen molar-refractivity contribution in [3.63, 3.8) is 0 Å². The number of benzene rings is 2. The number of hydrogen-bond acceptors (Lipinski definition) is 5. The predicted molar refractivity (Wildman–Crippen MR) is 134 cm³/mol. The minimum Gasteiger partial charge on any atom is -0.365 e. The molecule has 1 atom stereocenters. The molecule has 2 aromatic rings. The van der Waals surface area contributed by atoms with Gasteiger partial charge in [0.05, 0.1) is 12.4 Å². The Labute approximate surface area is 202 Å². The van der Waals surface area contributed by atoms with Gasteiger partial charge in [-0.3, -0.25) is 10.3 Å². The van der Waals surface area contributed by atoms with Gasteiger partial charge in [-0.25, -0.2) is 0 Å². The highest BCUT2D eigenvalue weighted by Gasteiger charge is 2.30. The molecule has 0 amide bonds. The maximum absolute atomic E-state index is 9.30. The van der Waals surface area contributed by atoms with Gasteiger partial charge in [0.1, 0.15) is 0 Å². The molecule has 0 saturated carbocycles. The first kappa shape index (κ1) is 23.8. The quantitative estimate of drug-likeness (QED) is 0.270. The van der Waals surface area contributed by atoms with E-state index in [1.807, 2.05) is 53.8 Å². The summed E-state index contributed by atoms with van der Waals surface area (Å²) in [6, 6.07) is 16.3. The first-order chi connectivity index (χ1) is 16.2. The highest BCUT2D eigenvalue weighted by atomic mass is 79.9. The van der Waals surface area contributed by atoms with Gasteiger partial charge in [0.25, 0.3) is 0 Å². The number of rotatable bonds is 6. The molecule has 0 spiro atoms. The van der Waals surface area contributed by atoms with E-state index in [0.717, 1.165) is 22.1 Å². The second-order valence-electron chi connectivity index (χ2n) is 7.38. The molecule has 0 saturated heterocycles. The Morgan fingerprint density at radius 2 is 2.06 bits per heavy atom. The molecule has 9 heteroatoms. The lowest BCUT2D eigenvalue weighted by Gasteiger charge is -2.33. The predicted octanol–water partition coefficient (Wildman–Crippen LogP) is 3.35. The van der Waals surface area contributed by atoms with Gasteiger partial charge in [-0.05, 0) is 48.0 Å². The van der Waals surface area contributed by atoms with Crippen LogP contribution in [0.3, 0.4) is 0 Å². The summed E-state index contributed by atoms with van der Waals surface area (Å²) in [4.78, 5) is 12.2. The topological polar surface area (TPSA) is 103 Å². The third-order valence-electron chi connectivity index (χ3n) is 5.25. The van der Waals surface area contributed by atoms with Gasteiger partial charge in [0.2, 0.25) is 12.2 Å². The summed E-state index contributed by atoms with van der Waals surface area (Å²) in [5.74, 6) is 0.255. The van der Waals surface area contributed by atoms with Crippen molar-refractivity contribution >= 4 is 33.9 Å². The molecule has 8 nitrogen and oxygen atoms in total. The average molecular weight is 505 g/mol. The molecular formula is C24H25BrN8. The SMILES string of the molecule is CN=CN/C=C/CN1C[C@@H](Cc2ccccc2)N(C(=NC#N)NC#N)Cc2cc(Br)ccc21. The Kier molecular flexibility index (Phi) is 8.87. The second kappa shape index (κ2) is 12.3. The van der Waals surface area contributed by atoms with E-state index in [2.05, 4.69) is 65.7 Å². The van der Waals surface area contributed by atoms with Gasteiger partial charge in [0, 0.05) is 36.8 Å². The zero-order valence-corrected chi connectivity index (χ0v) is 19.9. The van der Waals surface area contributed by atoms with Gasteiger partial charge in [-0.2, -0.15) is 10.5 Å². The normalized spacial score (nSPS) is 16.2. The van der Waals surface area contributed by atoms with Gasteiger partial charge < -0.3 is 15.1 Å². The van der Waals surface area contributed by atoms with Crippen LogP contribution in [0, 0.1) is 22.9 Å². The molecule has 33 heavy (non-hydrogen) atoms. The van der Waals surface area contributed by atoms with Crippen molar-refractivity contribution in [3.05, 3.63) is 76.4 Å². The van der Waals surface area contributed by atoms with Crippen molar-refractivity contribution in [2.75, 3.05) is 25.0 Å². The summed E-state index contributed by atoms with van der Waals surface area (Å²) in [7, 11) is 1.71. The molecule has 0 bridgehead atoms. The molecule has 2 aromatic carbocycles. The lowest BCUT2D eigenvalue weighted by Crippen LogP contribution is -2.49. The number of fused-ring (bicyclic) bond motifs is 1. The number of halogens is 1. The molecule has 0 fully saturated rings. The van der Waals surface area contributed by atoms with E-state index < -0.39 is 0 Å². The van der Waals surface area contributed by atoms with Crippen LogP contribution < -0.4 is 15.5 Å². The number of guanidine groups is 1. The molecule has 168 valence electrons. The maximum atomic E-state index is 9.30. The van der Waals surface area contributed by atoms with E-state index in [9.17, 15) is 10.5 Å². The minimum atomic E-state index is -0.0370. The van der Waals surface area contributed by atoms with Crippen LogP contribution in [0.2, 0.25) is 0 Å². The van der Waals surface area contributed by atoms with E-state index in [1.54, 1.807) is 13.4 Å². The highest BCUT2D eigenvalue weighted by Crippen LogP contribution is 2.31. The van der Waals surface area contributed by atoms with Crippen LogP contribution in [0.1, 0.15) is 11.1 Å². The van der Waals surface area contributed by atoms with E-state index in [-0.39, 0.29) is 12.0 Å². The largest absolute Gasteiger partial charge is 0.365 e.